The third-order valence-corrected chi connectivity index (χ3v) is 4.68. The van der Waals surface area contributed by atoms with Gasteiger partial charge in [-0.05, 0) is 33.3 Å². The quantitative estimate of drug-likeness (QED) is 0.751. The molecule has 1 aromatic carbocycles. The number of carbonyl (C=O) groups excluding carboxylic acids is 3. The number of likely N-dealkylation sites (tertiary alicyclic amines) is 1. The van der Waals surface area contributed by atoms with Gasteiger partial charge in [0, 0.05) is 13.0 Å². The van der Waals surface area contributed by atoms with Crippen LogP contribution in [0.3, 0.4) is 0 Å². The van der Waals surface area contributed by atoms with Crippen molar-refractivity contribution in [2.75, 3.05) is 13.7 Å². The second kappa shape index (κ2) is 9.26. The van der Waals surface area contributed by atoms with Crippen molar-refractivity contribution in [1.82, 2.24) is 9.80 Å². The van der Waals surface area contributed by atoms with Crippen LogP contribution >= 0.6 is 0 Å². The minimum absolute atomic E-state index is 0.00287. The highest BCUT2D eigenvalue weighted by atomic mass is 16.6. The number of aliphatic hydroxyl groups is 1. The highest BCUT2D eigenvalue weighted by molar-refractivity contribution is 5.90. The first-order valence-corrected chi connectivity index (χ1v) is 9.63. The highest BCUT2D eigenvalue weighted by Crippen LogP contribution is 2.25. The molecule has 0 unspecified atom stereocenters. The Morgan fingerprint density at radius 1 is 1.24 bits per heavy atom. The molecule has 8 nitrogen and oxygen atoms in total. The summed E-state index contributed by atoms with van der Waals surface area (Å²) in [5.41, 5.74) is 0.0975. The van der Waals surface area contributed by atoms with Gasteiger partial charge < -0.3 is 19.5 Å². The number of esters is 1. The summed E-state index contributed by atoms with van der Waals surface area (Å²) in [5.74, 6) is -0.995. The molecule has 2 rings (SSSR count). The summed E-state index contributed by atoms with van der Waals surface area (Å²) in [5, 5.41) is 10.1. The number of rotatable bonds is 5. The van der Waals surface area contributed by atoms with Crippen molar-refractivity contribution in [2.24, 2.45) is 0 Å². The van der Waals surface area contributed by atoms with E-state index in [4.69, 9.17) is 9.47 Å². The summed E-state index contributed by atoms with van der Waals surface area (Å²) in [7, 11) is 1.26. The minimum atomic E-state index is -0.921. The average Bonchev–Trinajstić information content (AvgIpc) is 3.06. The van der Waals surface area contributed by atoms with Gasteiger partial charge in [-0.2, -0.15) is 0 Å². The average molecular weight is 406 g/mol. The lowest BCUT2D eigenvalue weighted by Crippen LogP contribution is -2.52. The molecule has 1 aromatic rings. The lowest BCUT2D eigenvalue weighted by Gasteiger charge is -2.33. The minimum Gasteiger partial charge on any atom is -0.467 e. The Balaban J connectivity index is 2.29. The topological polar surface area (TPSA) is 96.4 Å². The van der Waals surface area contributed by atoms with E-state index in [0.717, 1.165) is 5.56 Å². The zero-order chi connectivity index (χ0) is 21.8. The lowest BCUT2D eigenvalue weighted by atomic mass is 10.1. The number of carbonyl (C=O) groups is 3. The van der Waals surface area contributed by atoms with E-state index < -0.39 is 41.8 Å². The number of hydrogen-bond acceptors (Lipinski definition) is 6. The first kappa shape index (κ1) is 22.7. The van der Waals surface area contributed by atoms with Gasteiger partial charge in [-0.1, -0.05) is 30.3 Å². The van der Waals surface area contributed by atoms with Gasteiger partial charge in [0.05, 0.1) is 19.8 Å². The van der Waals surface area contributed by atoms with Crippen molar-refractivity contribution >= 4 is 18.0 Å². The molecular formula is C21H30N2O6. The fourth-order valence-corrected chi connectivity index (χ4v) is 3.25. The van der Waals surface area contributed by atoms with Gasteiger partial charge in [-0.3, -0.25) is 9.69 Å². The molecule has 1 saturated heterocycles. The molecule has 2 amide bonds. The Labute approximate surface area is 171 Å². The van der Waals surface area contributed by atoms with Gasteiger partial charge in [-0.25, -0.2) is 9.59 Å². The molecule has 1 fully saturated rings. The maximum absolute atomic E-state index is 13.4. The van der Waals surface area contributed by atoms with Gasteiger partial charge in [0.25, 0.3) is 0 Å². The molecule has 1 heterocycles. The van der Waals surface area contributed by atoms with Crippen molar-refractivity contribution < 1.29 is 29.0 Å². The van der Waals surface area contributed by atoms with Crippen LogP contribution in [-0.2, 0) is 25.6 Å². The monoisotopic (exact) mass is 406 g/mol. The van der Waals surface area contributed by atoms with Crippen LogP contribution < -0.4 is 0 Å². The van der Waals surface area contributed by atoms with E-state index in [0.29, 0.717) is 0 Å². The molecule has 8 heteroatoms. The van der Waals surface area contributed by atoms with Gasteiger partial charge in [-0.15, -0.1) is 0 Å². The molecule has 0 saturated carbocycles. The first-order valence-electron chi connectivity index (χ1n) is 9.63. The maximum atomic E-state index is 13.4. The van der Waals surface area contributed by atoms with Crippen LogP contribution in [0.25, 0.3) is 0 Å². The molecule has 160 valence electrons. The summed E-state index contributed by atoms with van der Waals surface area (Å²) in [6, 6.07) is 7.46. The summed E-state index contributed by atoms with van der Waals surface area (Å²) >= 11 is 0. The maximum Gasteiger partial charge on any atom is 0.411 e. The third-order valence-electron chi connectivity index (χ3n) is 4.68. The molecular weight excluding hydrogens is 376 g/mol. The van der Waals surface area contributed by atoms with Crippen molar-refractivity contribution in [3.63, 3.8) is 0 Å². The molecule has 0 aliphatic carbocycles. The number of methoxy groups -OCH3 is 1. The Morgan fingerprint density at radius 2 is 1.86 bits per heavy atom. The zero-order valence-electron chi connectivity index (χ0n) is 17.6. The van der Waals surface area contributed by atoms with Gasteiger partial charge in [0.15, 0.2) is 0 Å². The van der Waals surface area contributed by atoms with E-state index in [1.807, 2.05) is 30.3 Å². The Hall–Kier alpha value is -2.61. The Bertz CT molecular complexity index is 730. The fraction of sp³-hybridized carbons (Fsp3) is 0.571. The van der Waals surface area contributed by atoms with Crippen LogP contribution in [0.2, 0.25) is 0 Å². The molecule has 0 bridgehead atoms. The second-order valence-electron chi connectivity index (χ2n) is 8.19. The Kier molecular flexibility index (Phi) is 7.24. The largest absolute Gasteiger partial charge is 0.467 e. The summed E-state index contributed by atoms with van der Waals surface area (Å²) in [6.07, 6.45) is -1.43. The number of ether oxygens (including phenoxy) is 2. The van der Waals surface area contributed by atoms with Crippen molar-refractivity contribution in [3.05, 3.63) is 35.9 Å². The lowest BCUT2D eigenvalue weighted by molar-refractivity contribution is -0.154. The highest BCUT2D eigenvalue weighted by Gasteiger charge is 2.44. The summed E-state index contributed by atoms with van der Waals surface area (Å²) in [4.78, 5) is 40.8. The van der Waals surface area contributed by atoms with Crippen LogP contribution in [0.1, 0.15) is 39.7 Å². The standard InChI is InChI=1S/C21H30N2O6/c1-14(19(26)28-5)22(12-15-9-7-6-8-10-15)18(25)17-11-16(24)13-23(17)20(27)29-21(2,3)4/h6-10,14,16-17,24H,11-13H2,1-5H3/t14-,16+,17-/m0/s1. The predicted molar refractivity (Wildman–Crippen MR) is 106 cm³/mol. The first-order chi connectivity index (χ1) is 13.5. The third kappa shape index (κ3) is 5.93. The van der Waals surface area contributed by atoms with Crippen molar-refractivity contribution in [3.8, 4) is 0 Å². The SMILES string of the molecule is COC(=O)[C@H](C)N(Cc1ccccc1)C(=O)[C@@H]1C[C@@H](O)CN1C(=O)OC(C)(C)C. The van der Waals surface area contributed by atoms with Gasteiger partial charge in [0.2, 0.25) is 5.91 Å². The molecule has 1 aliphatic heterocycles. The summed E-state index contributed by atoms with van der Waals surface area (Å²) < 4.78 is 10.2. The smallest absolute Gasteiger partial charge is 0.411 e. The zero-order valence-corrected chi connectivity index (χ0v) is 17.6. The second-order valence-corrected chi connectivity index (χ2v) is 8.19. The molecule has 1 aliphatic rings. The summed E-state index contributed by atoms with van der Waals surface area (Å²) in [6.45, 7) is 6.94. The molecule has 29 heavy (non-hydrogen) atoms. The molecule has 0 radical (unpaired) electrons. The molecule has 0 spiro atoms. The molecule has 1 N–H and O–H groups in total. The number of nitrogens with zero attached hydrogens (tertiary/aromatic N) is 2. The van der Waals surface area contributed by atoms with E-state index >= 15 is 0 Å². The number of aliphatic hydroxyl groups excluding tert-OH is 1. The van der Waals surface area contributed by atoms with Crippen LogP contribution in [0, 0.1) is 0 Å². The number of benzene rings is 1. The normalized spacial score (nSPS) is 20.1. The van der Waals surface area contributed by atoms with Crippen LogP contribution in [0.5, 0.6) is 0 Å². The predicted octanol–water partition coefficient (Wildman–Crippen LogP) is 1.95. The van der Waals surface area contributed by atoms with Crippen molar-refractivity contribution in [2.45, 2.75) is 64.4 Å². The number of β-amino-alcohol motifs (C(OH)–C–C–N with tert-alkyl or cyclic N) is 1. The van der Waals surface area contributed by atoms with Crippen LogP contribution in [0.4, 0.5) is 4.79 Å². The van der Waals surface area contributed by atoms with E-state index in [2.05, 4.69) is 0 Å². The van der Waals surface area contributed by atoms with E-state index in [-0.39, 0.29) is 19.5 Å². The Morgan fingerprint density at radius 3 is 2.41 bits per heavy atom. The van der Waals surface area contributed by atoms with Gasteiger partial charge >= 0.3 is 12.1 Å². The van der Waals surface area contributed by atoms with E-state index in [1.165, 1.54) is 16.9 Å². The van der Waals surface area contributed by atoms with Crippen molar-refractivity contribution in [1.29, 1.82) is 0 Å². The molecule has 3 atom stereocenters. The van der Waals surface area contributed by atoms with E-state index in [1.54, 1.807) is 27.7 Å². The fourth-order valence-electron chi connectivity index (χ4n) is 3.25. The number of hydrogen-bond donors (Lipinski definition) is 1. The van der Waals surface area contributed by atoms with Gasteiger partial charge in [0.1, 0.15) is 17.7 Å². The van der Waals surface area contributed by atoms with Crippen LogP contribution in [-0.4, -0.2) is 70.3 Å². The van der Waals surface area contributed by atoms with E-state index in [9.17, 15) is 19.5 Å². The number of amides is 2. The van der Waals surface area contributed by atoms with Crippen LogP contribution in [0.15, 0.2) is 30.3 Å². The molecule has 0 aromatic heterocycles.